The first-order valence-electron chi connectivity index (χ1n) is 11.6. The molecule has 8 heteroatoms. The second kappa shape index (κ2) is 9.05. The van der Waals surface area contributed by atoms with Crippen LogP contribution in [0.25, 0.3) is 22.2 Å². The van der Waals surface area contributed by atoms with Gasteiger partial charge < -0.3 is 4.74 Å². The number of amides is 1. The van der Waals surface area contributed by atoms with Crippen LogP contribution in [0.2, 0.25) is 0 Å². The lowest BCUT2D eigenvalue weighted by molar-refractivity contribution is -0.112. The van der Waals surface area contributed by atoms with Gasteiger partial charge in [0, 0.05) is 33.7 Å². The van der Waals surface area contributed by atoms with Gasteiger partial charge in [-0.1, -0.05) is 25.1 Å². The molecule has 0 unspecified atom stereocenters. The predicted molar refractivity (Wildman–Crippen MR) is 139 cm³/mol. The first kappa shape index (κ1) is 22.2. The Morgan fingerprint density at radius 2 is 1.97 bits per heavy atom. The molecule has 6 rings (SSSR count). The van der Waals surface area contributed by atoms with E-state index in [-0.39, 0.29) is 11.7 Å². The van der Waals surface area contributed by atoms with Crippen molar-refractivity contribution >= 4 is 38.9 Å². The number of carbonyl (C=O) groups excluding carboxylic acids is 1. The maximum atomic E-state index is 13.5. The highest BCUT2D eigenvalue weighted by molar-refractivity contribution is 7.13. The summed E-state index contributed by atoms with van der Waals surface area (Å²) < 4.78 is 21.5. The van der Waals surface area contributed by atoms with Crippen LogP contribution in [0.3, 0.4) is 0 Å². The fraction of sp³-hybridized carbons (Fsp3) is 0.107. The third-order valence-corrected chi connectivity index (χ3v) is 6.94. The molecule has 0 atom stereocenters. The molecule has 1 aliphatic rings. The van der Waals surface area contributed by atoms with Crippen LogP contribution in [-0.2, 0) is 11.4 Å². The van der Waals surface area contributed by atoms with E-state index in [4.69, 9.17) is 4.74 Å². The van der Waals surface area contributed by atoms with E-state index in [0.29, 0.717) is 23.7 Å². The number of ether oxygens (including phenoxy) is 1. The van der Waals surface area contributed by atoms with E-state index in [9.17, 15) is 9.18 Å². The van der Waals surface area contributed by atoms with Gasteiger partial charge in [-0.25, -0.2) is 14.1 Å². The highest BCUT2D eigenvalue weighted by Gasteiger charge is 2.26. The van der Waals surface area contributed by atoms with Crippen LogP contribution < -0.4 is 10.1 Å². The Morgan fingerprint density at radius 1 is 1.14 bits per heavy atom. The molecular formula is C28H21FN4O2S. The van der Waals surface area contributed by atoms with Crippen molar-refractivity contribution in [2.45, 2.75) is 20.0 Å². The zero-order chi connectivity index (χ0) is 24.6. The number of para-hydroxylation sites is 1. The van der Waals surface area contributed by atoms with Crippen molar-refractivity contribution in [1.29, 1.82) is 0 Å². The van der Waals surface area contributed by atoms with Gasteiger partial charge in [0.1, 0.15) is 18.2 Å². The molecule has 0 radical (unpaired) electrons. The van der Waals surface area contributed by atoms with Gasteiger partial charge >= 0.3 is 0 Å². The van der Waals surface area contributed by atoms with Gasteiger partial charge in [-0.2, -0.15) is 5.10 Å². The molecule has 178 valence electrons. The minimum absolute atomic E-state index is 0.188. The number of aromatic nitrogens is 3. The summed E-state index contributed by atoms with van der Waals surface area (Å²) in [5, 5.41) is 10.8. The number of anilines is 1. The smallest absolute Gasteiger partial charge is 0.254 e. The van der Waals surface area contributed by atoms with Crippen LogP contribution in [0.4, 0.5) is 9.52 Å². The van der Waals surface area contributed by atoms with E-state index in [1.165, 1.54) is 23.5 Å². The van der Waals surface area contributed by atoms with Crippen molar-refractivity contribution in [3.8, 4) is 11.4 Å². The lowest BCUT2D eigenvalue weighted by Gasteiger charge is -2.16. The number of hydrogen-bond donors (Lipinski definition) is 1. The molecule has 6 nitrogen and oxygen atoms in total. The summed E-state index contributed by atoms with van der Waals surface area (Å²) >= 11 is 1.38. The molecule has 1 amide bonds. The molecule has 0 saturated carbocycles. The number of rotatable bonds is 4. The Hall–Kier alpha value is -4.30. The molecule has 1 aliphatic heterocycles. The highest BCUT2D eigenvalue weighted by Crippen LogP contribution is 2.41. The first-order valence-corrected chi connectivity index (χ1v) is 12.4. The molecule has 0 bridgehead atoms. The Balaban J connectivity index is 1.56. The third kappa shape index (κ3) is 3.85. The van der Waals surface area contributed by atoms with Gasteiger partial charge in [-0.3, -0.25) is 10.1 Å². The van der Waals surface area contributed by atoms with Gasteiger partial charge in [-0.15, -0.1) is 11.3 Å². The van der Waals surface area contributed by atoms with E-state index >= 15 is 0 Å². The van der Waals surface area contributed by atoms with Crippen molar-refractivity contribution in [3.05, 3.63) is 107 Å². The minimum atomic E-state index is -0.298. The average Bonchev–Trinajstić information content (AvgIpc) is 3.52. The Morgan fingerprint density at radius 3 is 2.75 bits per heavy atom. The number of nitrogens with zero attached hydrogens (tertiary/aromatic N) is 3. The van der Waals surface area contributed by atoms with Crippen molar-refractivity contribution in [1.82, 2.24) is 14.8 Å². The second-order valence-electron chi connectivity index (χ2n) is 8.38. The standard InChI is InChI=1S/C28H21FN4O2S/c1-2-21(27(34)32-28-30-11-12-36-28)26-22-5-3-4-6-25(22)35-16-18-14-24-17(13-23(18)26)15-31-33(24)20-9-7-19(29)8-10-20/h3-15H,2,16H2,1H3,(H,30,32,34)/b26-21+. The van der Waals surface area contributed by atoms with Crippen LogP contribution in [0, 0.1) is 5.82 Å². The molecular weight excluding hydrogens is 475 g/mol. The Labute approximate surface area is 210 Å². The van der Waals surface area contributed by atoms with Crippen LogP contribution in [0.5, 0.6) is 5.75 Å². The fourth-order valence-corrected chi connectivity index (χ4v) is 5.11. The van der Waals surface area contributed by atoms with E-state index in [1.54, 1.807) is 29.2 Å². The topological polar surface area (TPSA) is 69.0 Å². The van der Waals surface area contributed by atoms with Gasteiger partial charge in [0.05, 0.1) is 17.4 Å². The number of benzene rings is 3. The number of fused-ring (bicyclic) bond motifs is 3. The molecule has 2 aromatic heterocycles. The molecule has 0 fully saturated rings. The lowest BCUT2D eigenvalue weighted by atomic mass is 9.88. The summed E-state index contributed by atoms with van der Waals surface area (Å²) in [7, 11) is 0. The maximum Gasteiger partial charge on any atom is 0.254 e. The Kier molecular flexibility index (Phi) is 5.58. The van der Waals surface area contributed by atoms with Gasteiger partial charge in [0.15, 0.2) is 5.13 Å². The van der Waals surface area contributed by atoms with Crippen molar-refractivity contribution in [2.24, 2.45) is 0 Å². The maximum absolute atomic E-state index is 13.5. The summed E-state index contributed by atoms with van der Waals surface area (Å²) in [6, 6.07) is 18.1. The molecule has 0 saturated heterocycles. The summed E-state index contributed by atoms with van der Waals surface area (Å²) in [5.74, 6) is 0.237. The molecule has 1 N–H and O–H groups in total. The summed E-state index contributed by atoms with van der Waals surface area (Å²) in [5.41, 5.74) is 5.85. The summed E-state index contributed by atoms with van der Waals surface area (Å²) in [6.45, 7) is 2.31. The molecule has 0 aliphatic carbocycles. The minimum Gasteiger partial charge on any atom is -0.488 e. The number of nitrogens with one attached hydrogen (secondary N) is 1. The van der Waals surface area contributed by atoms with E-state index < -0.39 is 0 Å². The number of hydrogen-bond acceptors (Lipinski definition) is 5. The van der Waals surface area contributed by atoms with Crippen LogP contribution in [-0.4, -0.2) is 20.7 Å². The Bertz CT molecular complexity index is 1620. The molecule has 0 spiro atoms. The normalized spacial score (nSPS) is 13.9. The first-order chi connectivity index (χ1) is 17.6. The molecule has 5 aromatic rings. The van der Waals surface area contributed by atoms with E-state index in [0.717, 1.165) is 44.6 Å². The fourth-order valence-electron chi connectivity index (χ4n) is 4.59. The SMILES string of the molecule is CC/C(C(=O)Nc1nccs1)=C1\c2cc3cnn(-c4ccc(F)cc4)c3cc2COc2ccccc21. The van der Waals surface area contributed by atoms with Gasteiger partial charge in [-0.05, 0) is 60.0 Å². The number of carbonyl (C=O) groups is 1. The zero-order valence-electron chi connectivity index (χ0n) is 19.4. The average molecular weight is 497 g/mol. The highest BCUT2D eigenvalue weighted by atomic mass is 32.1. The van der Waals surface area contributed by atoms with Crippen molar-refractivity contribution in [3.63, 3.8) is 0 Å². The largest absolute Gasteiger partial charge is 0.488 e. The summed E-state index contributed by atoms with van der Waals surface area (Å²) in [6.07, 6.45) is 3.97. The van der Waals surface area contributed by atoms with Crippen LogP contribution >= 0.6 is 11.3 Å². The molecule has 3 aromatic carbocycles. The second-order valence-corrected chi connectivity index (χ2v) is 9.28. The van der Waals surface area contributed by atoms with E-state index in [2.05, 4.69) is 21.5 Å². The van der Waals surface area contributed by atoms with Crippen molar-refractivity contribution < 1.29 is 13.9 Å². The molecule has 36 heavy (non-hydrogen) atoms. The van der Waals surface area contributed by atoms with Crippen LogP contribution in [0.1, 0.15) is 30.0 Å². The zero-order valence-corrected chi connectivity index (χ0v) is 20.2. The number of thiazole rings is 1. The van der Waals surface area contributed by atoms with Crippen LogP contribution in [0.15, 0.2) is 84.0 Å². The monoisotopic (exact) mass is 496 g/mol. The summed E-state index contributed by atoms with van der Waals surface area (Å²) in [4.78, 5) is 17.7. The van der Waals surface area contributed by atoms with E-state index in [1.807, 2.05) is 42.6 Å². The van der Waals surface area contributed by atoms with Gasteiger partial charge in [0.2, 0.25) is 0 Å². The molecule has 3 heterocycles. The quantitative estimate of drug-likeness (QED) is 0.294. The van der Waals surface area contributed by atoms with Crippen molar-refractivity contribution in [2.75, 3.05) is 5.32 Å². The predicted octanol–water partition coefficient (Wildman–Crippen LogP) is 6.36. The third-order valence-electron chi connectivity index (χ3n) is 6.26. The lowest BCUT2D eigenvalue weighted by Crippen LogP contribution is -2.16. The van der Waals surface area contributed by atoms with Gasteiger partial charge in [0.25, 0.3) is 5.91 Å². The number of halogens is 1.